The minimum atomic E-state index is 0. The molecule has 0 spiro atoms. The normalized spacial score (nSPS) is 19.0. The molecule has 1 aromatic rings. The molecular weight excluding hydrogens is 272 g/mol. The Balaban J connectivity index is 0.00000162. The Bertz CT molecular complexity index is 340. The van der Waals surface area contributed by atoms with Gasteiger partial charge in [0.1, 0.15) is 0 Å². The van der Waals surface area contributed by atoms with Gasteiger partial charge in [-0.2, -0.15) is 11.3 Å². The largest absolute Gasteiger partial charge is 0.375 e. The minimum Gasteiger partial charge on any atom is -0.375 e. The number of thiophene rings is 1. The third-order valence-electron chi connectivity index (χ3n) is 2.73. The number of amides is 1. The number of morpholine rings is 1. The zero-order chi connectivity index (χ0) is 11.9. The van der Waals surface area contributed by atoms with Gasteiger partial charge in [0.15, 0.2) is 0 Å². The van der Waals surface area contributed by atoms with E-state index >= 15 is 0 Å². The highest BCUT2D eigenvalue weighted by atomic mass is 35.5. The summed E-state index contributed by atoms with van der Waals surface area (Å²) in [5, 5.41) is 10.3. The molecule has 1 aliphatic rings. The molecule has 0 aromatic carbocycles. The van der Waals surface area contributed by atoms with E-state index in [0.717, 1.165) is 19.5 Å². The fraction of sp³-hybridized carbons (Fsp3) is 0.583. The Morgan fingerprint density at radius 2 is 2.50 bits per heavy atom. The SMILES string of the molecule is Cl.O=C(CC1CNCCO1)NCCc1ccsc1. The van der Waals surface area contributed by atoms with Gasteiger partial charge in [0.05, 0.1) is 19.1 Å². The van der Waals surface area contributed by atoms with Crippen molar-refractivity contribution in [2.75, 3.05) is 26.2 Å². The van der Waals surface area contributed by atoms with E-state index in [0.29, 0.717) is 19.6 Å². The second-order valence-electron chi connectivity index (χ2n) is 4.13. The van der Waals surface area contributed by atoms with E-state index in [1.54, 1.807) is 11.3 Å². The number of carbonyl (C=O) groups is 1. The number of ether oxygens (including phenoxy) is 1. The first-order valence-corrected chi connectivity index (χ1v) is 6.89. The Labute approximate surface area is 118 Å². The topological polar surface area (TPSA) is 50.4 Å². The van der Waals surface area contributed by atoms with E-state index < -0.39 is 0 Å². The molecule has 2 heterocycles. The van der Waals surface area contributed by atoms with Gasteiger partial charge in [-0.1, -0.05) is 0 Å². The molecule has 0 radical (unpaired) electrons. The van der Waals surface area contributed by atoms with Crippen molar-refractivity contribution in [1.29, 1.82) is 0 Å². The van der Waals surface area contributed by atoms with Crippen LogP contribution in [0.3, 0.4) is 0 Å². The second kappa shape index (κ2) is 8.48. The van der Waals surface area contributed by atoms with Crippen LogP contribution in [0.4, 0.5) is 0 Å². The summed E-state index contributed by atoms with van der Waals surface area (Å²) >= 11 is 1.69. The molecule has 1 amide bonds. The fourth-order valence-corrected chi connectivity index (χ4v) is 2.51. The van der Waals surface area contributed by atoms with Crippen molar-refractivity contribution >= 4 is 29.7 Å². The number of nitrogens with one attached hydrogen (secondary N) is 2. The van der Waals surface area contributed by atoms with Gasteiger partial charge in [-0.25, -0.2) is 0 Å². The van der Waals surface area contributed by atoms with E-state index in [4.69, 9.17) is 4.74 Å². The van der Waals surface area contributed by atoms with Crippen molar-refractivity contribution in [2.45, 2.75) is 18.9 Å². The smallest absolute Gasteiger partial charge is 0.222 e. The predicted octanol–water partition coefficient (Wildman–Crippen LogP) is 1.21. The molecule has 1 atom stereocenters. The summed E-state index contributed by atoms with van der Waals surface area (Å²) in [6, 6.07) is 2.09. The summed E-state index contributed by atoms with van der Waals surface area (Å²) < 4.78 is 5.48. The molecule has 6 heteroatoms. The molecule has 1 aliphatic heterocycles. The summed E-state index contributed by atoms with van der Waals surface area (Å²) in [4.78, 5) is 11.6. The maximum Gasteiger partial charge on any atom is 0.222 e. The Hall–Kier alpha value is -0.620. The van der Waals surface area contributed by atoms with E-state index in [1.165, 1.54) is 5.56 Å². The van der Waals surface area contributed by atoms with E-state index in [2.05, 4.69) is 27.5 Å². The maximum atomic E-state index is 11.6. The quantitative estimate of drug-likeness (QED) is 0.857. The van der Waals surface area contributed by atoms with Crippen LogP contribution in [-0.2, 0) is 16.0 Å². The number of hydrogen-bond donors (Lipinski definition) is 2. The standard InChI is InChI=1S/C12H18N2O2S.ClH/c15-12(7-11-8-13-4-5-16-11)14-3-1-10-2-6-17-9-10;/h2,6,9,11,13H,1,3-5,7-8H2,(H,14,15);1H. The minimum absolute atomic E-state index is 0. The van der Waals surface area contributed by atoms with Gasteiger partial charge in [0.25, 0.3) is 0 Å². The summed E-state index contributed by atoms with van der Waals surface area (Å²) in [5.41, 5.74) is 1.28. The van der Waals surface area contributed by atoms with Crippen LogP contribution in [-0.4, -0.2) is 38.3 Å². The van der Waals surface area contributed by atoms with Crippen LogP contribution in [0.15, 0.2) is 16.8 Å². The first-order chi connectivity index (χ1) is 8.34. The molecule has 1 aromatic heterocycles. The lowest BCUT2D eigenvalue weighted by Gasteiger charge is -2.23. The van der Waals surface area contributed by atoms with Crippen molar-refractivity contribution in [1.82, 2.24) is 10.6 Å². The van der Waals surface area contributed by atoms with Crippen molar-refractivity contribution in [3.63, 3.8) is 0 Å². The van der Waals surface area contributed by atoms with Crippen LogP contribution in [0.5, 0.6) is 0 Å². The number of halogens is 1. The van der Waals surface area contributed by atoms with Crippen LogP contribution in [0.2, 0.25) is 0 Å². The molecule has 2 N–H and O–H groups in total. The highest BCUT2D eigenvalue weighted by Crippen LogP contribution is 2.06. The number of hydrogen-bond acceptors (Lipinski definition) is 4. The molecule has 1 unspecified atom stereocenters. The van der Waals surface area contributed by atoms with Gasteiger partial charge in [-0.3, -0.25) is 4.79 Å². The summed E-state index contributed by atoms with van der Waals surface area (Å²) in [7, 11) is 0. The molecule has 2 rings (SSSR count). The van der Waals surface area contributed by atoms with Crippen molar-refractivity contribution in [3.05, 3.63) is 22.4 Å². The highest BCUT2D eigenvalue weighted by Gasteiger charge is 2.16. The lowest BCUT2D eigenvalue weighted by Crippen LogP contribution is -2.41. The van der Waals surface area contributed by atoms with Gasteiger partial charge in [-0.15, -0.1) is 12.4 Å². The molecule has 0 saturated carbocycles. The first kappa shape index (κ1) is 15.4. The zero-order valence-corrected chi connectivity index (χ0v) is 11.8. The van der Waals surface area contributed by atoms with E-state index in [-0.39, 0.29) is 24.4 Å². The maximum absolute atomic E-state index is 11.6. The van der Waals surface area contributed by atoms with Crippen LogP contribution >= 0.6 is 23.7 Å². The van der Waals surface area contributed by atoms with E-state index in [1.807, 2.05) is 0 Å². The van der Waals surface area contributed by atoms with Crippen LogP contribution in [0.1, 0.15) is 12.0 Å². The molecule has 0 bridgehead atoms. The van der Waals surface area contributed by atoms with Gasteiger partial charge >= 0.3 is 0 Å². The lowest BCUT2D eigenvalue weighted by atomic mass is 10.2. The Kier molecular flexibility index (Phi) is 7.27. The van der Waals surface area contributed by atoms with Crippen LogP contribution in [0, 0.1) is 0 Å². The third kappa shape index (κ3) is 5.35. The average Bonchev–Trinajstić information content (AvgIpc) is 2.83. The number of carbonyl (C=O) groups excluding carboxylic acids is 1. The fourth-order valence-electron chi connectivity index (χ4n) is 1.81. The first-order valence-electron chi connectivity index (χ1n) is 5.94. The Morgan fingerprint density at radius 1 is 1.61 bits per heavy atom. The molecule has 102 valence electrons. The van der Waals surface area contributed by atoms with Crippen molar-refractivity contribution < 1.29 is 9.53 Å². The summed E-state index contributed by atoms with van der Waals surface area (Å²) in [6.07, 6.45) is 1.39. The van der Waals surface area contributed by atoms with E-state index in [9.17, 15) is 4.79 Å². The highest BCUT2D eigenvalue weighted by molar-refractivity contribution is 7.07. The van der Waals surface area contributed by atoms with Crippen molar-refractivity contribution in [2.24, 2.45) is 0 Å². The third-order valence-corrected chi connectivity index (χ3v) is 3.47. The molecule has 4 nitrogen and oxygen atoms in total. The average molecular weight is 291 g/mol. The van der Waals surface area contributed by atoms with Gasteiger partial charge in [0.2, 0.25) is 5.91 Å². The monoisotopic (exact) mass is 290 g/mol. The molecule has 0 aliphatic carbocycles. The van der Waals surface area contributed by atoms with Crippen molar-refractivity contribution in [3.8, 4) is 0 Å². The molecular formula is C12H19ClN2O2S. The lowest BCUT2D eigenvalue weighted by molar-refractivity contribution is -0.124. The second-order valence-corrected chi connectivity index (χ2v) is 4.91. The van der Waals surface area contributed by atoms with Gasteiger partial charge in [-0.05, 0) is 28.8 Å². The summed E-state index contributed by atoms with van der Waals surface area (Å²) in [5.74, 6) is 0.0777. The number of rotatable bonds is 5. The van der Waals surface area contributed by atoms with Crippen LogP contribution in [0.25, 0.3) is 0 Å². The van der Waals surface area contributed by atoms with Crippen LogP contribution < -0.4 is 10.6 Å². The summed E-state index contributed by atoms with van der Waals surface area (Å²) in [6.45, 7) is 3.07. The van der Waals surface area contributed by atoms with Gasteiger partial charge < -0.3 is 15.4 Å². The zero-order valence-electron chi connectivity index (χ0n) is 10.2. The molecule has 1 fully saturated rings. The predicted molar refractivity (Wildman–Crippen MR) is 75.5 cm³/mol. The Morgan fingerprint density at radius 3 is 3.17 bits per heavy atom. The van der Waals surface area contributed by atoms with Gasteiger partial charge in [0, 0.05) is 19.6 Å². The molecule has 1 saturated heterocycles. The molecule has 18 heavy (non-hydrogen) atoms.